The number of carboxylic acid groups (broad SMARTS) is 1. The maximum absolute atomic E-state index is 10.3. The molecule has 2 aliphatic heterocycles. The lowest BCUT2D eigenvalue weighted by Gasteiger charge is -2.28. The normalized spacial score (nSPS) is 25.7. The molecule has 1 aromatic carbocycles. The Morgan fingerprint density at radius 1 is 1.18 bits per heavy atom. The molecule has 5 unspecified atom stereocenters. The first kappa shape index (κ1) is 30.1. The number of ether oxygens (including phenoxy) is 4. The van der Waals surface area contributed by atoms with Crippen molar-refractivity contribution in [2.75, 3.05) is 33.9 Å². The first-order valence-electron chi connectivity index (χ1n) is 10.4. The number of aliphatic hydroxyl groups is 2. The van der Waals surface area contributed by atoms with Gasteiger partial charge in [-0.1, -0.05) is 0 Å². The van der Waals surface area contributed by atoms with Crippen LogP contribution in [0.25, 0.3) is 0 Å². The summed E-state index contributed by atoms with van der Waals surface area (Å²) in [6.45, 7) is 4.70. The van der Waals surface area contributed by atoms with Gasteiger partial charge in [-0.05, 0) is 53.0 Å². The van der Waals surface area contributed by atoms with Gasteiger partial charge in [-0.2, -0.15) is 0 Å². The number of aromatic carboxylic acids is 1. The number of halogens is 1. The minimum atomic E-state index is -1.29. The van der Waals surface area contributed by atoms with Crippen molar-refractivity contribution in [3.05, 3.63) is 17.7 Å². The third kappa shape index (κ3) is 7.82. The molecule has 0 bridgehead atoms. The van der Waals surface area contributed by atoms with Crippen molar-refractivity contribution in [1.82, 2.24) is 4.90 Å². The maximum Gasteiger partial charge on any atom is 0.335 e. The number of rotatable bonds is 8. The summed E-state index contributed by atoms with van der Waals surface area (Å²) >= 11 is 0. The summed E-state index contributed by atoms with van der Waals surface area (Å²) in [5, 5.41) is 54.0. The molecule has 13 heteroatoms. The van der Waals surface area contributed by atoms with Gasteiger partial charge in [0.15, 0.2) is 29.3 Å². The van der Waals surface area contributed by atoms with Crippen molar-refractivity contribution in [1.29, 1.82) is 0 Å². The number of phenolic OH excluding ortho intramolecular Hbond substituents is 3. The van der Waals surface area contributed by atoms with E-state index in [4.69, 9.17) is 44.5 Å². The van der Waals surface area contributed by atoms with E-state index in [1.807, 2.05) is 27.9 Å². The number of hydrogen-bond donors (Lipinski definition) is 6. The van der Waals surface area contributed by atoms with Gasteiger partial charge in [-0.25, -0.2) is 4.79 Å². The molecule has 2 fully saturated rings. The van der Waals surface area contributed by atoms with Crippen LogP contribution < -0.4 is 0 Å². The summed E-state index contributed by atoms with van der Waals surface area (Å²) in [6, 6.07) is 1.69. The molecule has 2 heterocycles. The SMILES string of the molecule is CN(C)CCCOC1C(C(O)CO)OC2OC(C)(C)OC21.Cl.O=C(O)c1cc(O)c(O)c(O)c1. The molecule has 196 valence electrons. The van der Waals surface area contributed by atoms with Crippen molar-refractivity contribution >= 4 is 18.4 Å². The highest BCUT2D eigenvalue weighted by Gasteiger charge is 2.56. The molecule has 0 radical (unpaired) electrons. The van der Waals surface area contributed by atoms with Crippen LogP contribution in [0.5, 0.6) is 17.2 Å². The molecule has 0 spiro atoms. The zero-order valence-corrected chi connectivity index (χ0v) is 20.3. The van der Waals surface area contributed by atoms with Gasteiger partial charge in [0.2, 0.25) is 0 Å². The molecule has 2 saturated heterocycles. The van der Waals surface area contributed by atoms with Gasteiger partial charge in [0.1, 0.15) is 24.4 Å². The van der Waals surface area contributed by atoms with Crippen molar-refractivity contribution < 1.29 is 54.4 Å². The van der Waals surface area contributed by atoms with E-state index in [1.54, 1.807) is 0 Å². The fourth-order valence-electron chi connectivity index (χ4n) is 3.44. The summed E-state index contributed by atoms with van der Waals surface area (Å²) < 4.78 is 23.0. The molecule has 34 heavy (non-hydrogen) atoms. The third-order valence-corrected chi connectivity index (χ3v) is 4.97. The lowest BCUT2D eigenvalue weighted by Crippen LogP contribution is -2.44. The number of phenols is 3. The van der Waals surface area contributed by atoms with Gasteiger partial charge in [-0.3, -0.25) is 0 Å². The molecule has 5 atom stereocenters. The van der Waals surface area contributed by atoms with E-state index in [2.05, 4.69) is 4.90 Å². The smallest absolute Gasteiger partial charge is 0.335 e. The van der Waals surface area contributed by atoms with Crippen molar-refractivity contribution in [2.24, 2.45) is 0 Å². The minimum Gasteiger partial charge on any atom is -0.504 e. The van der Waals surface area contributed by atoms with Crippen molar-refractivity contribution in [3.8, 4) is 17.2 Å². The second kappa shape index (κ2) is 12.7. The molecule has 2 aliphatic rings. The Balaban J connectivity index is 0.000000380. The lowest BCUT2D eigenvalue weighted by molar-refractivity contribution is -0.231. The zero-order valence-electron chi connectivity index (χ0n) is 19.4. The standard InChI is InChI=1S/C14H27NO6.C7H6O5.ClH/c1-14(2)20-12-11(18-7-5-6-15(3)4)10(9(17)8-16)19-13(12)21-14;8-4-1-3(7(11)12)2-5(9)6(4)10;/h9-13,16-17H,5-8H2,1-4H3;1-2,8-10H,(H,11,12);1H. The second-order valence-corrected chi connectivity index (χ2v) is 8.48. The average molecular weight is 512 g/mol. The minimum absolute atomic E-state index is 0. The summed E-state index contributed by atoms with van der Waals surface area (Å²) in [6.07, 6.45) is -2.17. The highest BCUT2D eigenvalue weighted by molar-refractivity contribution is 5.89. The predicted molar refractivity (Wildman–Crippen MR) is 120 cm³/mol. The Kier molecular flexibility index (Phi) is 11.3. The van der Waals surface area contributed by atoms with E-state index >= 15 is 0 Å². The number of aliphatic hydroxyl groups excluding tert-OH is 2. The monoisotopic (exact) mass is 511 g/mol. The van der Waals surface area contributed by atoms with Crippen LogP contribution in [0.3, 0.4) is 0 Å². The third-order valence-electron chi connectivity index (χ3n) is 4.97. The summed E-state index contributed by atoms with van der Waals surface area (Å²) in [5.41, 5.74) is -0.289. The highest BCUT2D eigenvalue weighted by Crippen LogP contribution is 2.39. The quantitative estimate of drug-likeness (QED) is 0.210. The summed E-state index contributed by atoms with van der Waals surface area (Å²) in [4.78, 5) is 12.4. The van der Waals surface area contributed by atoms with Gasteiger partial charge in [-0.15, -0.1) is 12.4 Å². The molecular formula is C21H34ClNO11. The van der Waals surface area contributed by atoms with Crippen LogP contribution in [-0.2, 0) is 18.9 Å². The predicted octanol–water partition coefficient (Wildman–Crippen LogP) is 0.476. The number of hydrogen-bond acceptors (Lipinski definition) is 11. The molecule has 3 rings (SSSR count). The van der Waals surface area contributed by atoms with E-state index in [1.165, 1.54) is 0 Å². The Morgan fingerprint density at radius 3 is 2.26 bits per heavy atom. The molecule has 0 saturated carbocycles. The number of carboxylic acids is 1. The first-order chi connectivity index (χ1) is 15.4. The summed E-state index contributed by atoms with van der Waals surface area (Å²) in [5.74, 6) is -4.06. The lowest BCUT2D eigenvalue weighted by atomic mass is 10.1. The highest BCUT2D eigenvalue weighted by atomic mass is 35.5. The fraction of sp³-hybridized carbons (Fsp3) is 0.667. The van der Waals surface area contributed by atoms with Crippen LogP contribution in [0.1, 0.15) is 30.6 Å². The molecule has 6 N–H and O–H groups in total. The zero-order chi connectivity index (χ0) is 24.9. The Bertz CT molecular complexity index is 784. The van der Waals surface area contributed by atoms with Crippen LogP contribution in [0.2, 0.25) is 0 Å². The number of fused-ring (bicyclic) bond motifs is 1. The maximum atomic E-state index is 10.3. The first-order valence-corrected chi connectivity index (χ1v) is 10.4. The van der Waals surface area contributed by atoms with Gasteiger partial charge in [0, 0.05) is 6.61 Å². The van der Waals surface area contributed by atoms with Crippen LogP contribution >= 0.6 is 12.4 Å². The molecule has 0 aliphatic carbocycles. The van der Waals surface area contributed by atoms with Crippen LogP contribution in [0.15, 0.2) is 12.1 Å². The number of carbonyl (C=O) groups is 1. The largest absolute Gasteiger partial charge is 0.504 e. The van der Waals surface area contributed by atoms with Crippen molar-refractivity contribution in [2.45, 2.75) is 56.8 Å². The Hall–Kier alpha value is -1.90. The number of aromatic hydroxyl groups is 3. The van der Waals surface area contributed by atoms with E-state index in [0.717, 1.165) is 25.1 Å². The van der Waals surface area contributed by atoms with Gasteiger partial charge in [0.05, 0.1) is 12.2 Å². The fourth-order valence-corrected chi connectivity index (χ4v) is 3.44. The van der Waals surface area contributed by atoms with Crippen molar-refractivity contribution in [3.63, 3.8) is 0 Å². The average Bonchev–Trinajstić information content (AvgIpc) is 3.20. The molecule has 12 nitrogen and oxygen atoms in total. The van der Waals surface area contributed by atoms with E-state index in [9.17, 15) is 9.90 Å². The Labute approximate surface area is 203 Å². The van der Waals surface area contributed by atoms with E-state index in [0.29, 0.717) is 6.61 Å². The van der Waals surface area contributed by atoms with Crippen LogP contribution in [0.4, 0.5) is 0 Å². The topological polar surface area (TPSA) is 179 Å². The number of benzene rings is 1. The molecule has 1 aromatic rings. The second-order valence-electron chi connectivity index (χ2n) is 8.48. The van der Waals surface area contributed by atoms with Gasteiger partial charge in [0.25, 0.3) is 0 Å². The molecule has 0 amide bonds. The summed E-state index contributed by atoms with van der Waals surface area (Å²) in [7, 11) is 4.01. The van der Waals surface area contributed by atoms with Crippen LogP contribution in [0, 0.1) is 0 Å². The van der Waals surface area contributed by atoms with E-state index in [-0.39, 0.29) is 30.7 Å². The Morgan fingerprint density at radius 2 is 1.76 bits per heavy atom. The van der Waals surface area contributed by atoms with Gasteiger partial charge >= 0.3 is 5.97 Å². The van der Waals surface area contributed by atoms with Crippen LogP contribution in [-0.4, -0.2) is 112 Å². The number of nitrogens with zero attached hydrogens (tertiary/aromatic N) is 1. The van der Waals surface area contributed by atoms with E-state index < -0.39 is 53.6 Å². The molecule has 0 aromatic heterocycles. The molecular weight excluding hydrogens is 478 g/mol. The van der Waals surface area contributed by atoms with Gasteiger partial charge < -0.3 is 54.5 Å².